The molecular weight excluding hydrogens is 286 g/mol. The first-order chi connectivity index (χ1) is 10.2. The quantitative estimate of drug-likeness (QED) is 0.816. The van der Waals surface area contributed by atoms with Crippen molar-refractivity contribution in [1.82, 2.24) is 14.9 Å². The van der Waals surface area contributed by atoms with Crippen molar-refractivity contribution in [2.24, 2.45) is 0 Å². The fraction of sp³-hybridized carbons (Fsp3) is 0.188. The lowest BCUT2D eigenvalue weighted by Gasteiger charge is -2.21. The average Bonchev–Trinajstić information content (AvgIpc) is 2.50. The second kappa shape index (κ2) is 7.41. The Morgan fingerprint density at radius 2 is 1.90 bits per heavy atom. The van der Waals surface area contributed by atoms with Gasteiger partial charge in [0.2, 0.25) is 0 Å². The maximum atomic E-state index is 12.1. The summed E-state index contributed by atoms with van der Waals surface area (Å²) in [6.07, 6.45) is 6.62. The van der Waals surface area contributed by atoms with Crippen molar-refractivity contribution in [3.8, 4) is 11.8 Å². The van der Waals surface area contributed by atoms with Crippen molar-refractivity contribution < 1.29 is 4.79 Å². The number of carbonyl (C=O) groups is 1. The molecule has 1 amide bonds. The molecule has 0 radical (unpaired) electrons. The lowest BCUT2D eigenvalue weighted by Crippen LogP contribution is -2.29. The molecule has 4 nitrogen and oxygen atoms in total. The van der Waals surface area contributed by atoms with Crippen molar-refractivity contribution >= 4 is 17.5 Å². The van der Waals surface area contributed by atoms with Gasteiger partial charge in [-0.25, -0.2) is 0 Å². The minimum Gasteiger partial charge on any atom is -0.323 e. The SMILES string of the molecule is CC#CC(=O)N(Cc1ccncc1)Cc1ccncc1Cl. The van der Waals surface area contributed by atoms with E-state index in [4.69, 9.17) is 11.6 Å². The maximum Gasteiger partial charge on any atom is 0.299 e. The molecule has 0 aliphatic heterocycles. The number of amides is 1. The largest absolute Gasteiger partial charge is 0.323 e. The highest BCUT2D eigenvalue weighted by atomic mass is 35.5. The van der Waals surface area contributed by atoms with Gasteiger partial charge in [-0.05, 0) is 42.2 Å². The third-order valence-electron chi connectivity index (χ3n) is 2.86. The van der Waals surface area contributed by atoms with Crippen LogP contribution in [0.25, 0.3) is 0 Å². The van der Waals surface area contributed by atoms with Gasteiger partial charge >= 0.3 is 0 Å². The Labute approximate surface area is 128 Å². The van der Waals surface area contributed by atoms with E-state index in [1.165, 1.54) is 0 Å². The summed E-state index contributed by atoms with van der Waals surface area (Å²) in [7, 11) is 0. The normalized spacial score (nSPS) is 9.62. The molecule has 5 heteroatoms. The number of pyridine rings is 2. The van der Waals surface area contributed by atoms with E-state index >= 15 is 0 Å². The van der Waals surface area contributed by atoms with Crippen molar-refractivity contribution in [2.75, 3.05) is 0 Å². The number of halogens is 1. The van der Waals surface area contributed by atoms with Crippen LogP contribution < -0.4 is 0 Å². The molecule has 0 aliphatic carbocycles. The highest BCUT2D eigenvalue weighted by Crippen LogP contribution is 2.17. The van der Waals surface area contributed by atoms with E-state index in [0.717, 1.165) is 11.1 Å². The summed E-state index contributed by atoms with van der Waals surface area (Å²) in [5.41, 5.74) is 1.83. The van der Waals surface area contributed by atoms with Crippen LogP contribution in [0, 0.1) is 11.8 Å². The fourth-order valence-electron chi connectivity index (χ4n) is 1.83. The van der Waals surface area contributed by atoms with Crippen LogP contribution >= 0.6 is 11.6 Å². The number of rotatable bonds is 4. The molecule has 0 bridgehead atoms. The summed E-state index contributed by atoms with van der Waals surface area (Å²) in [6.45, 7) is 2.48. The van der Waals surface area contributed by atoms with E-state index in [1.54, 1.807) is 42.7 Å². The molecule has 2 rings (SSSR count). The Balaban J connectivity index is 2.22. The predicted molar refractivity (Wildman–Crippen MR) is 81.2 cm³/mol. The number of aromatic nitrogens is 2. The molecule has 0 fully saturated rings. The molecule has 0 saturated carbocycles. The van der Waals surface area contributed by atoms with Crippen LogP contribution in [0.2, 0.25) is 5.02 Å². The third-order valence-corrected chi connectivity index (χ3v) is 3.20. The second-order valence-electron chi connectivity index (χ2n) is 4.36. The number of hydrogen-bond donors (Lipinski definition) is 0. The molecule has 21 heavy (non-hydrogen) atoms. The Morgan fingerprint density at radius 1 is 1.19 bits per heavy atom. The molecule has 2 aromatic rings. The summed E-state index contributed by atoms with van der Waals surface area (Å²) in [6, 6.07) is 5.54. The van der Waals surface area contributed by atoms with Crippen LogP contribution in [0.4, 0.5) is 0 Å². The Morgan fingerprint density at radius 3 is 2.57 bits per heavy atom. The summed E-state index contributed by atoms with van der Waals surface area (Å²) in [4.78, 5) is 21.7. The van der Waals surface area contributed by atoms with Crippen molar-refractivity contribution in [3.05, 3.63) is 59.1 Å². The smallest absolute Gasteiger partial charge is 0.299 e. The van der Waals surface area contributed by atoms with E-state index in [9.17, 15) is 4.79 Å². The average molecular weight is 300 g/mol. The van der Waals surface area contributed by atoms with E-state index in [-0.39, 0.29) is 5.91 Å². The molecule has 2 heterocycles. The standard InChI is InChI=1S/C16H14ClN3O/c1-2-3-16(21)20(11-13-4-7-18-8-5-13)12-14-6-9-19-10-15(14)17/h4-10H,11-12H2,1H3. The molecule has 0 unspecified atom stereocenters. The first-order valence-corrected chi connectivity index (χ1v) is 6.77. The second-order valence-corrected chi connectivity index (χ2v) is 4.77. The van der Waals surface area contributed by atoms with Crippen molar-refractivity contribution in [3.63, 3.8) is 0 Å². The first kappa shape index (κ1) is 15.0. The van der Waals surface area contributed by atoms with Gasteiger partial charge < -0.3 is 4.90 Å². The van der Waals surface area contributed by atoms with Gasteiger partial charge in [0.1, 0.15) is 0 Å². The van der Waals surface area contributed by atoms with E-state index in [0.29, 0.717) is 18.1 Å². The van der Waals surface area contributed by atoms with E-state index in [2.05, 4.69) is 21.8 Å². The third kappa shape index (κ3) is 4.30. The van der Waals surface area contributed by atoms with Crippen LogP contribution in [-0.2, 0) is 17.9 Å². The highest BCUT2D eigenvalue weighted by molar-refractivity contribution is 6.31. The zero-order chi connectivity index (χ0) is 15.1. The van der Waals surface area contributed by atoms with Crippen LogP contribution in [-0.4, -0.2) is 20.8 Å². The molecule has 0 aliphatic rings. The zero-order valence-electron chi connectivity index (χ0n) is 11.6. The van der Waals surface area contributed by atoms with Gasteiger partial charge in [-0.1, -0.05) is 17.5 Å². The minimum absolute atomic E-state index is 0.234. The van der Waals surface area contributed by atoms with Crippen LogP contribution in [0.15, 0.2) is 43.0 Å². The van der Waals surface area contributed by atoms with E-state index < -0.39 is 0 Å². The van der Waals surface area contributed by atoms with Crippen molar-refractivity contribution in [1.29, 1.82) is 0 Å². The lowest BCUT2D eigenvalue weighted by atomic mass is 10.2. The molecule has 2 aromatic heterocycles. The Bertz CT molecular complexity index is 677. The zero-order valence-corrected chi connectivity index (χ0v) is 12.3. The molecule has 106 valence electrons. The monoisotopic (exact) mass is 299 g/mol. The van der Waals surface area contributed by atoms with Gasteiger partial charge in [0.15, 0.2) is 0 Å². The molecule has 0 N–H and O–H groups in total. The number of nitrogens with zero attached hydrogens (tertiary/aromatic N) is 3. The van der Waals surface area contributed by atoms with Gasteiger partial charge in [-0.15, -0.1) is 0 Å². The van der Waals surface area contributed by atoms with Crippen LogP contribution in [0.1, 0.15) is 18.1 Å². The topological polar surface area (TPSA) is 46.1 Å². The Hall–Kier alpha value is -2.38. The van der Waals surface area contributed by atoms with Crippen molar-refractivity contribution in [2.45, 2.75) is 20.0 Å². The molecular formula is C16H14ClN3O. The van der Waals surface area contributed by atoms with Gasteiger partial charge in [-0.2, -0.15) is 0 Å². The van der Waals surface area contributed by atoms with E-state index in [1.807, 2.05) is 12.1 Å². The fourth-order valence-corrected chi connectivity index (χ4v) is 2.01. The van der Waals surface area contributed by atoms with Crippen LogP contribution in [0.3, 0.4) is 0 Å². The molecule has 0 saturated heterocycles. The Kier molecular flexibility index (Phi) is 5.30. The van der Waals surface area contributed by atoms with Gasteiger partial charge in [-0.3, -0.25) is 14.8 Å². The number of carbonyl (C=O) groups excluding carboxylic acids is 1. The predicted octanol–water partition coefficient (Wildman–Crippen LogP) is 2.68. The highest BCUT2D eigenvalue weighted by Gasteiger charge is 2.14. The molecule has 0 spiro atoms. The number of hydrogen-bond acceptors (Lipinski definition) is 3. The van der Waals surface area contributed by atoms with Gasteiger partial charge in [0.05, 0.1) is 5.02 Å². The summed E-state index contributed by atoms with van der Waals surface area (Å²) < 4.78 is 0. The molecule has 0 atom stereocenters. The minimum atomic E-state index is -0.234. The van der Waals surface area contributed by atoms with Gasteiger partial charge in [0, 0.05) is 37.9 Å². The lowest BCUT2D eigenvalue weighted by molar-refractivity contribution is -0.126. The van der Waals surface area contributed by atoms with Crippen LogP contribution in [0.5, 0.6) is 0 Å². The summed E-state index contributed by atoms with van der Waals surface area (Å²) in [5.74, 6) is 4.97. The summed E-state index contributed by atoms with van der Waals surface area (Å²) >= 11 is 6.11. The molecule has 0 aromatic carbocycles. The maximum absolute atomic E-state index is 12.1. The first-order valence-electron chi connectivity index (χ1n) is 6.39. The van der Waals surface area contributed by atoms with Gasteiger partial charge in [0.25, 0.3) is 5.91 Å². The summed E-state index contributed by atoms with van der Waals surface area (Å²) in [5, 5.41) is 0.537.